The quantitative estimate of drug-likeness (QED) is 0.593. The number of hydrogen-bond acceptors (Lipinski definition) is 4. The number of methoxy groups -OCH3 is 1. The molecule has 0 saturated carbocycles. The van der Waals surface area contributed by atoms with Crippen LogP contribution in [0.2, 0.25) is 0 Å². The molecule has 0 aliphatic heterocycles. The van der Waals surface area contributed by atoms with Gasteiger partial charge in [0.25, 0.3) is 0 Å². The molecule has 0 aliphatic rings. The Kier molecular flexibility index (Phi) is 5.49. The van der Waals surface area contributed by atoms with Crippen LogP contribution in [0, 0.1) is 0 Å². The van der Waals surface area contributed by atoms with Gasteiger partial charge in [-0.25, -0.2) is 4.98 Å². The average molecular weight is 339 g/mol. The highest BCUT2D eigenvalue weighted by Crippen LogP contribution is 2.25. The first-order valence-corrected chi connectivity index (χ1v) is 8.97. The van der Waals surface area contributed by atoms with Gasteiger partial charge in [0.2, 0.25) is 0 Å². The van der Waals surface area contributed by atoms with Gasteiger partial charge in [-0.2, -0.15) is 0 Å². The molecule has 0 radical (unpaired) electrons. The van der Waals surface area contributed by atoms with Gasteiger partial charge in [-0.05, 0) is 48.4 Å². The smallest absolute Gasteiger partial charge is 0.119 e. The Hall–Kier alpha value is -2.33. The molecule has 0 spiro atoms. The molecule has 2 aromatic carbocycles. The number of aromatic nitrogens is 1. The lowest BCUT2D eigenvalue weighted by Gasteiger charge is -2.04. The third-order valence-corrected chi connectivity index (χ3v) is 4.54. The Morgan fingerprint density at radius 1 is 0.958 bits per heavy atom. The number of nitrogens with zero attached hydrogens (tertiary/aromatic N) is 1. The fraction of sp³-hybridized carbons (Fsp3) is 0.250. The van der Waals surface area contributed by atoms with Gasteiger partial charge < -0.3 is 9.47 Å². The van der Waals surface area contributed by atoms with Crippen molar-refractivity contribution in [1.29, 1.82) is 0 Å². The number of hydrogen-bond donors (Lipinski definition) is 0. The van der Waals surface area contributed by atoms with Crippen LogP contribution in [0.15, 0.2) is 53.9 Å². The van der Waals surface area contributed by atoms with Crippen molar-refractivity contribution in [1.82, 2.24) is 4.98 Å². The highest BCUT2D eigenvalue weighted by molar-refractivity contribution is 7.10. The van der Waals surface area contributed by atoms with Crippen molar-refractivity contribution < 1.29 is 9.47 Å². The minimum Gasteiger partial charge on any atom is -0.497 e. The molecular weight excluding hydrogens is 318 g/mol. The number of thiazole rings is 1. The molecule has 1 aromatic heterocycles. The molecule has 3 rings (SSSR count). The van der Waals surface area contributed by atoms with E-state index in [1.807, 2.05) is 24.3 Å². The molecule has 3 nitrogen and oxygen atoms in total. The second-order valence-electron chi connectivity index (χ2n) is 5.52. The van der Waals surface area contributed by atoms with E-state index < -0.39 is 0 Å². The highest BCUT2D eigenvalue weighted by Gasteiger charge is 2.06. The second-order valence-corrected chi connectivity index (χ2v) is 6.47. The maximum Gasteiger partial charge on any atom is 0.119 e. The summed E-state index contributed by atoms with van der Waals surface area (Å²) in [6.07, 6.45) is 1.86. The lowest BCUT2D eigenvalue weighted by atomic mass is 10.1. The molecule has 0 saturated heterocycles. The fourth-order valence-corrected chi connectivity index (χ4v) is 3.22. The molecule has 0 unspecified atom stereocenters. The summed E-state index contributed by atoms with van der Waals surface area (Å²) < 4.78 is 10.8. The van der Waals surface area contributed by atoms with E-state index in [1.165, 1.54) is 5.56 Å². The summed E-state index contributed by atoms with van der Waals surface area (Å²) in [5.74, 6) is 1.79. The van der Waals surface area contributed by atoms with Crippen molar-refractivity contribution in [3.8, 4) is 22.8 Å². The third kappa shape index (κ3) is 4.15. The van der Waals surface area contributed by atoms with Gasteiger partial charge in [0.1, 0.15) is 11.5 Å². The minimum absolute atomic E-state index is 0.752. The largest absolute Gasteiger partial charge is 0.497 e. The molecule has 0 N–H and O–H groups in total. The molecule has 0 bridgehead atoms. The maximum atomic E-state index is 5.62. The van der Waals surface area contributed by atoms with E-state index in [1.54, 1.807) is 18.4 Å². The zero-order chi connectivity index (χ0) is 16.8. The summed E-state index contributed by atoms with van der Waals surface area (Å²) in [5, 5.41) is 3.22. The van der Waals surface area contributed by atoms with Crippen molar-refractivity contribution in [3.63, 3.8) is 0 Å². The second kappa shape index (κ2) is 7.97. The normalized spacial score (nSPS) is 10.6. The highest BCUT2D eigenvalue weighted by atomic mass is 32.1. The summed E-state index contributed by atoms with van der Waals surface area (Å²) in [5.41, 5.74) is 3.38. The van der Waals surface area contributed by atoms with Crippen molar-refractivity contribution in [2.75, 3.05) is 13.7 Å². The Balaban J connectivity index is 1.68. The maximum absolute atomic E-state index is 5.62. The van der Waals surface area contributed by atoms with Crippen molar-refractivity contribution >= 4 is 11.3 Å². The topological polar surface area (TPSA) is 31.4 Å². The summed E-state index contributed by atoms with van der Waals surface area (Å²) in [6.45, 7) is 2.86. The zero-order valence-electron chi connectivity index (χ0n) is 14.0. The van der Waals surface area contributed by atoms with Crippen molar-refractivity contribution in [3.05, 3.63) is 64.5 Å². The molecule has 1 heterocycles. The summed E-state index contributed by atoms with van der Waals surface area (Å²) >= 11 is 1.69. The Bertz CT molecular complexity index is 763. The fourth-order valence-electron chi connectivity index (χ4n) is 2.38. The van der Waals surface area contributed by atoms with Gasteiger partial charge in [-0.3, -0.25) is 0 Å². The lowest BCUT2D eigenvalue weighted by Crippen LogP contribution is -1.94. The van der Waals surface area contributed by atoms with E-state index in [9.17, 15) is 0 Å². The van der Waals surface area contributed by atoms with E-state index in [0.717, 1.165) is 47.2 Å². The predicted octanol–water partition coefficient (Wildman–Crippen LogP) is 5.20. The monoisotopic (exact) mass is 339 g/mol. The first-order valence-electron chi connectivity index (χ1n) is 8.09. The van der Waals surface area contributed by atoms with Gasteiger partial charge in [-0.1, -0.05) is 19.1 Å². The van der Waals surface area contributed by atoms with Crippen LogP contribution in [0.1, 0.15) is 23.9 Å². The van der Waals surface area contributed by atoms with E-state index in [4.69, 9.17) is 14.5 Å². The molecule has 3 aromatic rings. The summed E-state index contributed by atoms with van der Waals surface area (Å²) in [6, 6.07) is 16.3. The van der Waals surface area contributed by atoms with E-state index in [0.29, 0.717) is 0 Å². The Labute approximate surface area is 146 Å². The summed E-state index contributed by atoms with van der Waals surface area (Å²) in [4.78, 5) is 4.76. The van der Waals surface area contributed by atoms with Crippen molar-refractivity contribution in [2.45, 2.75) is 19.8 Å². The van der Waals surface area contributed by atoms with Crippen LogP contribution in [0.4, 0.5) is 0 Å². The van der Waals surface area contributed by atoms with E-state index in [-0.39, 0.29) is 0 Å². The zero-order valence-corrected chi connectivity index (χ0v) is 14.8. The number of ether oxygens (including phenoxy) is 2. The van der Waals surface area contributed by atoms with Gasteiger partial charge in [0.05, 0.1) is 24.4 Å². The Morgan fingerprint density at radius 3 is 2.33 bits per heavy atom. The van der Waals surface area contributed by atoms with Gasteiger partial charge in [0, 0.05) is 17.4 Å². The SMILES string of the molecule is CCCOc1ccc(-c2csc(Cc3ccc(OC)cc3)n2)cc1. The lowest BCUT2D eigenvalue weighted by molar-refractivity contribution is 0.317. The van der Waals surface area contributed by atoms with E-state index >= 15 is 0 Å². The molecule has 4 heteroatoms. The van der Waals surface area contributed by atoms with Crippen LogP contribution in [0.25, 0.3) is 11.3 Å². The number of rotatable bonds is 7. The predicted molar refractivity (Wildman–Crippen MR) is 99.1 cm³/mol. The standard InChI is InChI=1S/C20H21NO2S/c1-3-12-23-18-10-6-16(7-11-18)19-14-24-20(21-19)13-15-4-8-17(22-2)9-5-15/h4-11,14H,3,12-13H2,1-2H3. The molecule has 0 fully saturated rings. The average Bonchev–Trinajstić information content (AvgIpc) is 3.09. The molecule has 0 atom stereocenters. The van der Waals surface area contributed by atoms with Crippen LogP contribution < -0.4 is 9.47 Å². The minimum atomic E-state index is 0.752. The van der Waals surface area contributed by atoms with Crippen LogP contribution in [0.3, 0.4) is 0 Å². The molecule has 24 heavy (non-hydrogen) atoms. The molecule has 124 valence electrons. The first-order chi connectivity index (χ1) is 11.8. The van der Waals surface area contributed by atoms with Gasteiger partial charge in [-0.15, -0.1) is 11.3 Å². The molecule has 0 amide bonds. The summed E-state index contributed by atoms with van der Waals surface area (Å²) in [7, 11) is 1.68. The van der Waals surface area contributed by atoms with E-state index in [2.05, 4.69) is 36.6 Å². The van der Waals surface area contributed by atoms with Gasteiger partial charge >= 0.3 is 0 Å². The van der Waals surface area contributed by atoms with Crippen LogP contribution in [-0.2, 0) is 6.42 Å². The van der Waals surface area contributed by atoms with Crippen LogP contribution in [0.5, 0.6) is 11.5 Å². The van der Waals surface area contributed by atoms with Gasteiger partial charge in [0.15, 0.2) is 0 Å². The van der Waals surface area contributed by atoms with Crippen LogP contribution >= 0.6 is 11.3 Å². The first kappa shape index (κ1) is 16.5. The molecular formula is C20H21NO2S. The Morgan fingerprint density at radius 2 is 1.67 bits per heavy atom. The molecule has 0 aliphatic carbocycles. The third-order valence-electron chi connectivity index (χ3n) is 3.69. The van der Waals surface area contributed by atoms with Crippen molar-refractivity contribution in [2.24, 2.45) is 0 Å². The van der Waals surface area contributed by atoms with Crippen LogP contribution in [-0.4, -0.2) is 18.7 Å². The number of benzene rings is 2.